The van der Waals surface area contributed by atoms with Gasteiger partial charge < -0.3 is 9.84 Å². The van der Waals surface area contributed by atoms with E-state index in [2.05, 4.69) is 26.2 Å². The van der Waals surface area contributed by atoms with Gasteiger partial charge in [-0.3, -0.25) is 14.2 Å². The Morgan fingerprint density at radius 1 is 0.914 bits per heavy atom. The number of aryl methyl sites for hydroxylation is 1. The Hall–Kier alpha value is -3.85. The van der Waals surface area contributed by atoms with E-state index in [9.17, 15) is 9.90 Å². The molecule has 9 heteroatoms. The van der Waals surface area contributed by atoms with Crippen LogP contribution in [0.1, 0.15) is 18.9 Å². The summed E-state index contributed by atoms with van der Waals surface area (Å²) in [7, 11) is 1.90. The molecular weight excluding hydrogens is 444 g/mol. The van der Waals surface area contributed by atoms with E-state index in [0.717, 1.165) is 27.8 Å². The van der Waals surface area contributed by atoms with Crippen molar-refractivity contribution in [1.29, 1.82) is 0 Å². The highest BCUT2D eigenvalue weighted by Gasteiger charge is 2.44. The van der Waals surface area contributed by atoms with E-state index in [1.54, 1.807) is 4.68 Å². The SMILES string of the molecule is Cn1cc(-c2cccc(-c3ncc(-c4cnn([C@@H]5[C@@H]6COC[C@H]5CC(C(=O)O)C6)c4)cn3)c2)cn1. The van der Waals surface area contributed by atoms with Gasteiger partial charge in [0.25, 0.3) is 0 Å². The summed E-state index contributed by atoms with van der Waals surface area (Å²) in [5.74, 6) is -0.0304. The van der Waals surface area contributed by atoms with Crippen molar-refractivity contribution in [3.05, 3.63) is 61.4 Å². The van der Waals surface area contributed by atoms with Gasteiger partial charge in [-0.15, -0.1) is 0 Å². The van der Waals surface area contributed by atoms with Crippen molar-refractivity contribution in [2.45, 2.75) is 18.9 Å². The number of ether oxygens (including phenoxy) is 1. The first kappa shape index (κ1) is 21.7. The van der Waals surface area contributed by atoms with E-state index in [-0.39, 0.29) is 23.8 Å². The highest BCUT2D eigenvalue weighted by molar-refractivity contribution is 5.71. The maximum absolute atomic E-state index is 11.6. The molecule has 4 heterocycles. The van der Waals surface area contributed by atoms with Crippen molar-refractivity contribution in [2.75, 3.05) is 13.2 Å². The van der Waals surface area contributed by atoms with Crippen LogP contribution in [0.2, 0.25) is 0 Å². The van der Waals surface area contributed by atoms with Crippen molar-refractivity contribution in [2.24, 2.45) is 24.8 Å². The molecule has 1 saturated heterocycles. The number of hydrogen-bond donors (Lipinski definition) is 1. The molecule has 178 valence electrons. The van der Waals surface area contributed by atoms with E-state index in [1.165, 1.54) is 0 Å². The summed E-state index contributed by atoms with van der Waals surface area (Å²) in [6, 6.07) is 8.27. The van der Waals surface area contributed by atoms with Gasteiger partial charge in [0.15, 0.2) is 5.82 Å². The number of rotatable bonds is 5. The zero-order valence-electron chi connectivity index (χ0n) is 19.4. The Kier molecular flexibility index (Phi) is 5.41. The lowest BCUT2D eigenvalue weighted by Crippen LogP contribution is -2.45. The second-order valence-electron chi connectivity index (χ2n) is 9.54. The summed E-state index contributed by atoms with van der Waals surface area (Å²) in [6.07, 6.45) is 12.6. The largest absolute Gasteiger partial charge is 0.481 e. The second-order valence-corrected chi connectivity index (χ2v) is 9.54. The number of carbonyl (C=O) groups is 1. The first-order chi connectivity index (χ1) is 17.0. The number of carboxylic acid groups (broad SMARTS) is 1. The second kappa shape index (κ2) is 8.74. The van der Waals surface area contributed by atoms with E-state index in [1.807, 2.05) is 67.1 Å². The minimum Gasteiger partial charge on any atom is -0.481 e. The number of carboxylic acids is 1. The Labute approximate surface area is 202 Å². The molecule has 1 aliphatic carbocycles. The van der Waals surface area contributed by atoms with Crippen LogP contribution < -0.4 is 0 Å². The minimum absolute atomic E-state index is 0.155. The number of nitrogens with zero attached hydrogens (tertiary/aromatic N) is 6. The first-order valence-corrected chi connectivity index (χ1v) is 11.8. The quantitative estimate of drug-likeness (QED) is 0.474. The van der Waals surface area contributed by atoms with Gasteiger partial charge in [-0.25, -0.2) is 9.97 Å². The fourth-order valence-corrected chi connectivity index (χ4v) is 5.51. The number of benzene rings is 1. The summed E-state index contributed by atoms with van der Waals surface area (Å²) in [4.78, 5) is 20.8. The standard InChI is InChI=1S/C26H26N6O3/c1-31-12-22(10-29-31)16-3-2-4-17(5-16)25-27-8-21(9-28-25)23-11-30-32(13-23)24-19-6-18(26(33)34)7-20(24)15-35-14-19/h2-5,8-13,18-20,24H,6-7,14-15H2,1H3,(H,33,34)/t18?,19-,20+,24+. The third-order valence-corrected chi connectivity index (χ3v) is 7.20. The highest BCUT2D eigenvalue weighted by atomic mass is 16.5. The molecule has 1 N–H and O–H groups in total. The lowest BCUT2D eigenvalue weighted by atomic mass is 9.71. The number of hydrogen-bond acceptors (Lipinski definition) is 6. The molecular formula is C26H26N6O3. The van der Waals surface area contributed by atoms with Crippen molar-refractivity contribution in [3.63, 3.8) is 0 Å². The molecule has 0 amide bonds. The molecule has 6 rings (SSSR count). The van der Waals surface area contributed by atoms with E-state index < -0.39 is 5.97 Å². The third kappa shape index (κ3) is 4.12. The summed E-state index contributed by atoms with van der Waals surface area (Å²) in [5.41, 5.74) is 4.89. The molecule has 2 bridgehead atoms. The number of aliphatic carboxylic acids is 1. The van der Waals surface area contributed by atoms with E-state index >= 15 is 0 Å². The van der Waals surface area contributed by atoms with Crippen LogP contribution in [0.5, 0.6) is 0 Å². The van der Waals surface area contributed by atoms with Gasteiger partial charge in [0.05, 0.1) is 37.6 Å². The van der Waals surface area contributed by atoms with Crippen LogP contribution in [0.25, 0.3) is 33.6 Å². The Balaban J connectivity index is 1.22. The normalized spacial score (nSPS) is 23.8. The van der Waals surface area contributed by atoms with Crippen molar-refractivity contribution < 1.29 is 14.6 Å². The van der Waals surface area contributed by atoms with E-state index in [0.29, 0.717) is 31.9 Å². The van der Waals surface area contributed by atoms with Crippen molar-refractivity contribution in [1.82, 2.24) is 29.5 Å². The molecule has 9 nitrogen and oxygen atoms in total. The predicted molar refractivity (Wildman–Crippen MR) is 128 cm³/mol. The molecule has 2 fully saturated rings. The number of fused-ring (bicyclic) bond motifs is 2. The van der Waals surface area contributed by atoms with Crippen LogP contribution in [-0.4, -0.2) is 53.8 Å². The monoisotopic (exact) mass is 470 g/mol. The molecule has 35 heavy (non-hydrogen) atoms. The fourth-order valence-electron chi connectivity index (χ4n) is 5.51. The fraction of sp³-hybridized carbons (Fsp3) is 0.346. The Morgan fingerprint density at radius 3 is 2.29 bits per heavy atom. The van der Waals surface area contributed by atoms with Crippen LogP contribution in [0, 0.1) is 17.8 Å². The van der Waals surface area contributed by atoms with Gasteiger partial charge >= 0.3 is 5.97 Å². The Morgan fingerprint density at radius 2 is 1.60 bits per heavy atom. The topological polar surface area (TPSA) is 108 Å². The van der Waals surface area contributed by atoms with Gasteiger partial charge in [0.1, 0.15) is 0 Å². The Bertz CT molecular complexity index is 1350. The predicted octanol–water partition coefficient (Wildman–Crippen LogP) is 3.71. The van der Waals surface area contributed by atoms with Crippen molar-refractivity contribution >= 4 is 5.97 Å². The van der Waals surface area contributed by atoms with Gasteiger partial charge in [0.2, 0.25) is 0 Å². The zero-order chi connectivity index (χ0) is 23.9. The minimum atomic E-state index is -0.704. The lowest BCUT2D eigenvalue weighted by Gasteiger charge is -2.44. The molecule has 1 aromatic carbocycles. The molecule has 4 atom stereocenters. The first-order valence-electron chi connectivity index (χ1n) is 11.8. The average Bonchev–Trinajstić information content (AvgIpc) is 3.53. The number of aromatic nitrogens is 6. The maximum atomic E-state index is 11.6. The van der Waals surface area contributed by atoms with Crippen LogP contribution in [-0.2, 0) is 16.6 Å². The van der Waals surface area contributed by atoms with Crippen LogP contribution in [0.3, 0.4) is 0 Å². The summed E-state index contributed by atoms with van der Waals surface area (Å²) < 4.78 is 9.52. The van der Waals surface area contributed by atoms with Gasteiger partial charge in [-0.05, 0) is 24.5 Å². The van der Waals surface area contributed by atoms with Crippen molar-refractivity contribution in [3.8, 4) is 33.6 Å². The van der Waals surface area contributed by atoms with Gasteiger partial charge in [-0.1, -0.05) is 18.2 Å². The van der Waals surface area contributed by atoms with Gasteiger partial charge in [-0.2, -0.15) is 10.2 Å². The molecule has 2 aliphatic rings. The highest BCUT2D eigenvalue weighted by Crippen LogP contribution is 2.44. The molecule has 0 radical (unpaired) electrons. The molecule has 1 unspecified atom stereocenters. The summed E-state index contributed by atoms with van der Waals surface area (Å²) in [5, 5.41) is 18.4. The third-order valence-electron chi connectivity index (χ3n) is 7.20. The molecule has 1 aliphatic heterocycles. The van der Waals surface area contributed by atoms with Gasteiger partial charge in [0, 0.05) is 65.9 Å². The zero-order valence-corrected chi connectivity index (χ0v) is 19.4. The molecule has 4 aromatic rings. The summed E-state index contributed by atoms with van der Waals surface area (Å²) in [6.45, 7) is 1.16. The van der Waals surface area contributed by atoms with Crippen LogP contribution in [0.4, 0.5) is 0 Å². The van der Waals surface area contributed by atoms with Crippen LogP contribution in [0.15, 0.2) is 61.4 Å². The van der Waals surface area contributed by atoms with E-state index in [4.69, 9.17) is 4.74 Å². The average molecular weight is 471 g/mol. The lowest BCUT2D eigenvalue weighted by molar-refractivity contribution is -0.149. The smallest absolute Gasteiger partial charge is 0.306 e. The maximum Gasteiger partial charge on any atom is 0.306 e. The molecule has 0 spiro atoms. The molecule has 3 aromatic heterocycles. The van der Waals surface area contributed by atoms with Crippen LogP contribution >= 0.6 is 0 Å². The summed E-state index contributed by atoms with van der Waals surface area (Å²) >= 11 is 0. The molecule has 1 saturated carbocycles.